The lowest BCUT2D eigenvalue weighted by molar-refractivity contribution is -0.119. The molecule has 2 aromatic rings. The molecule has 1 heterocycles. The van der Waals surface area contributed by atoms with Crippen molar-refractivity contribution in [1.29, 1.82) is 0 Å². The van der Waals surface area contributed by atoms with Crippen LogP contribution in [0.1, 0.15) is 37.9 Å². The first-order valence-corrected chi connectivity index (χ1v) is 9.95. The van der Waals surface area contributed by atoms with Crippen molar-refractivity contribution < 1.29 is 24.2 Å². The van der Waals surface area contributed by atoms with Crippen LogP contribution in [0.2, 0.25) is 0 Å². The van der Waals surface area contributed by atoms with Crippen LogP contribution in [0.3, 0.4) is 0 Å². The van der Waals surface area contributed by atoms with Gasteiger partial charge in [-0.2, -0.15) is 0 Å². The van der Waals surface area contributed by atoms with Gasteiger partial charge in [0.2, 0.25) is 0 Å². The number of aliphatic hydroxyl groups is 1. The molecule has 1 N–H and O–H groups in total. The Hall–Kier alpha value is -3.28. The van der Waals surface area contributed by atoms with Gasteiger partial charge in [-0.3, -0.25) is 14.5 Å². The number of aryl methyl sites for hydroxylation is 1. The molecule has 0 fully saturated rings. The van der Waals surface area contributed by atoms with Gasteiger partial charge in [-0.1, -0.05) is 45.0 Å². The standard InChI is InChI=1S/C24H27NO5/c1-6-15-7-9-16(10-8-15)21-20(22(26)14(2)3)23(27)24(28)25(21)17-11-18(29-4)13-19(12-17)30-5/h7-14,21,27H,6H2,1-5H3. The fraction of sp³-hybridized carbons (Fsp3) is 0.333. The van der Waals surface area contributed by atoms with E-state index in [0.717, 1.165) is 17.5 Å². The summed E-state index contributed by atoms with van der Waals surface area (Å²) in [6.45, 7) is 5.56. The third-order valence-corrected chi connectivity index (χ3v) is 5.32. The topological polar surface area (TPSA) is 76.1 Å². The van der Waals surface area contributed by atoms with E-state index in [4.69, 9.17) is 9.47 Å². The van der Waals surface area contributed by atoms with Gasteiger partial charge >= 0.3 is 0 Å². The van der Waals surface area contributed by atoms with Crippen molar-refractivity contribution in [3.05, 3.63) is 64.9 Å². The number of ether oxygens (including phenoxy) is 2. The quantitative estimate of drug-likeness (QED) is 0.734. The van der Waals surface area contributed by atoms with Gasteiger partial charge in [0, 0.05) is 24.1 Å². The summed E-state index contributed by atoms with van der Waals surface area (Å²) in [5, 5.41) is 10.7. The summed E-state index contributed by atoms with van der Waals surface area (Å²) in [7, 11) is 3.05. The highest BCUT2D eigenvalue weighted by Crippen LogP contribution is 2.43. The molecule has 0 spiro atoms. The first kappa shape index (κ1) is 21.4. The van der Waals surface area contributed by atoms with E-state index in [1.165, 1.54) is 19.1 Å². The molecule has 0 aliphatic carbocycles. The summed E-state index contributed by atoms with van der Waals surface area (Å²) in [6, 6.07) is 12.1. The molecule has 0 aromatic heterocycles. The zero-order chi connectivity index (χ0) is 22.0. The van der Waals surface area contributed by atoms with Crippen molar-refractivity contribution in [1.82, 2.24) is 0 Å². The molecular weight excluding hydrogens is 382 g/mol. The maximum Gasteiger partial charge on any atom is 0.294 e. The number of amides is 1. The Morgan fingerprint density at radius 1 is 1.07 bits per heavy atom. The van der Waals surface area contributed by atoms with Gasteiger partial charge in [-0.05, 0) is 17.5 Å². The number of benzene rings is 2. The Morgan fingerprint density at radius 3 is 2.10 bits per heavy atom. The minimum Gasteiger partial charge on any atom is -0.503 e. The Morgan fingerprint density at radius 2 is 1.63 bits per heavy atom. The van der Waals surface area contributed by atoms with Crippen LogP contribution in [0.4, 0.5) is 5.69 Å². The first-order valence-electron chi connectivity index (χ1n) is 9.95. The monoisotopic (exact) mass is 409 g/mol. The number of nitrogens with zero attached hydrogens (tertiary/aromatic N) is 1. The van der Waals surface area contributed by atoms with E-state index in [9.17, 15) is 14.7 Å². The highest BCUT2D eigenvalue weighted by atomic mass is 16.5. The Kier molecular flexibility index (Phi) is 6.15. The van der Waals surface area contributed by atoms with Gasteiger partial charge < -0.3 is 14.6 Å². The van der Waals surface area contributed by atoms with Crippen LogP contribution in [0.15, 0.2) is 53.8 Å². The third kappa shape index (κ3) is 3.77. The number of methoxy groups -OCH3 is 2. The van der Waals surface area contributed by atoms with E-state index in [1.54, 1.807) is 32.0 Å². The van der Waals surface area contributed by atoms with Crippen LogP contribution in [0, 0.1) is 5.92 Å². The Balaban J connectivity index is 2.20. The van der Waals surface area contributed by atoms with Crippen LogP contribution >= 0.6 is 0 Å². The number of hydrogen-bond acceptors (Lipinski definition) is 5. The van der Waals surface area contributed by atoms with Gasteiger partial charge in [0.05, 0.1) is 31.5 Å². The van der Waals surface area contributed by atoms with Crippen LogP contribution in [0.25, 0.3) is 0 Å². The second-order valence-electron chi connectivity index (χ2n) is 7.52. The van der Waals surface area contributed by atoms with E-state index in [2.05, 4.69) is 6.92 Å². The molecule has 1 unspecified atom stereocenters. The summed E-state index contributed by atoms with van der Waals surface area (Å²) in [5.41, 5.74) is 2.47. The van der Waals surface area contributed by atoms with Crippen molar-refractivity contribution in [2.24, 2.45) is 5.92 Å². The van der Waals surface area contributed by atoms with E-state index < -0.39 is 17.7 Å². The molecule has 158 valence electrons. The van der Waals surface area contributed by atoms with Gasteiger partial charge in [-0.25, -0.2) is 0 Å². The normalized spacial score (nSPS) is 16.4. The number of hydrogen-bond donors (Lipinski definition) is 1. The molecule has 6 heteroatoms. The van der Waals surface area contributed by atoms with Crippen LogP contribution < -0.4 is 14.4 Å². The zero-order valence-corrected chi connectivity index (χ0v) is 17.9. The molecule has 0 radical (unpaired) electrons. The molecule has 1 atom stereocenters. The average Bonchev–Trinajstić information content (AvgIpc) is 3.03. The maximum absolute atomic E-state index is 13.1. The molecule has 1 aliphatic heterocycles. The molecule has 6 nitrogen and oxygen atoms in total. The number of carbonyl (C=O) groups is 2. The third-order valence-electron chi connectivity index (χ3n) is 5.32. The molecule has 30 heavy (non-hydrogen) atoms. The van der Waals surface area contributed by atoms with E-state index in [1.807, 2.05) is 24.3 Å². The van der Waals surface area contributed by atoms with E-state index in [-0.39, 0.29) is 17.3 Å². The number of rotatable bonds is 7. The van der Waals surface area contributed by atoms with Crippen molar-refractivity contribution in [3.8, 4) is 11.5 Å². The molecule has 0 bridgehead atoms. The van der Waals surface area contributed by atoms with Crippen molar-refractivity contribution >= 4 is 17.4 Å². The van der Waals surface area contributed by atoms with E-state index in [0.29, 0.717) is 17.2 Å². The predicted octanol–water partition coefficient (Wildman–Crippen LogP) is 4.39. The first-order chi connectivity index (χ1) is 14.3. The number of carbonyl (C=O) groups excluding carboxylic acids is 2. The summed E-state index contributed by atoms with van der Waals surface area (Å²) in [6.07, 6.45) is 0.875. The molecule has 2 aromatic carbocycles. The minimum absolute atomic E-state index is 0.112. The lowest BCUT2D eigenvalue weighted by Crippen LogP contribution is -2.31. The predicted molar refractivity (Wildman–Crippen MR) is 115 cm³/mol. The summed E-state index contributed by atoms with van der Waals surface area (Å²) in [5.74, 6) is -0.769. The van der Waals surface area contributed by atoms with Gasteiger partial charge in [0.1, 0.15) is 11.5 Å². The van der Waals surface area contributed by atoms with Crippen LogP contribution in [-0.4, -0.2) is 31.0 Å². The number of aliphatic hydroxyl groups excluding tert-OH is 1. The van der Waals surface area contributed by atoms with Gasteiger partial charge in [-0.15, -0.1) is 0 Å². The maximum atomic E-state index is 13.1. The molecule has 1 aliphatic rings. The highest BCUT2D eigenvalue weighted by molar-refractivity contribution is 6.17. The number of ketones is 1. The lowest BCUT2D eigenvalue weighted by atomic mass is 9.90. The summed E-state index contributed by atoms with van der Waals surface area (Å²) >= 11 is 0. The molecule has 0 saturated carbocycles. The Labute approximate surface area is 176 Å². The highest BCUT2D eigenvalue weighted by Gasteiger charge is 2.45. The molecule has 0 saturated heterocycles. The summed E-state index contributed by atoms with van der Waals surface area (Å²) < 4.78 is 10.7. The largest absolute Gasteiger partial charge is 0.503 e. The fourth-order valence-electron chi connectivity index (χ4n) is 3.62. The molecule has 3 rings (SSSR count). The van der Waals surface area contributed by atoms with Crippen molar-refractivity contribution in [2.75, 3.05) is 19.1 Å². The summed E-state index contributed by atoms with van der Waals surface area (Å²) in [4.78, 5) is 27.5. The second kappa shape index (κ2) is 8.61. The van der Waals surface area contributed by atoms with Crippen LogP contribution in [-0.2, 0) is 16.0 Å². The number of anilines is 1. The smallest absolute Gasteiger partial charge is 0.294 e. The van der Waals surface area contributed by atoms with Gasteiger partial charge in [0.25, 0.3) is 5.91 Å². The molecule has 1 amide bonds. The Bertz CT molecular complexity index is 969. The SMILES string of the molecule is CCc1ccc(C2C(C(=O)C(C)C)=C(O)C(=O)N2c2cc(OC)cc(OC)c2)cc1. The van der Waals surface area contributed by atoms with Crippen molar-refractivity contribution in [3.63, 3.8) is 0 Å². The van der Waals surface area contributed by atoms with E-state index >= 15 is 0 Å². The fourth-order valence-corrected chi connectivity index (χ4v) is 3.62. The zero-order valence-electron chi connectivity index (χ0n) is 17.9. The molecular formula is C24H27NO5. The average molecular weight is 409 g/mol. The second-order valence-corrected chi connectivity index (χ2v) is 7.52. The van der Waals surface area contributed by atoms with Crippen LogP contribution in [0.5, 0.6) is 11.5 Å². The van der Waals surface area contributed by atoms with Gasteiger partial charge in [0.15, 0.2) is 11.5 Å². The lowest BCUT2D eigenvalue weighted by Gasteiger charge is -2.28. The van der Waals surface area contributed by atoms with Crippen molar-refractivity contribution in [2.45, 2.75) is 33.2 Å². The number of Topliss-reactive ketones (excluding diaryl/α,β-unsaturated/α-hetero) is 1. The minimum atomic E-state index is -0.741.